The Kier molecular flexibility index (Phi) is 17.6. The van der Waals surface area contributed by atoms with Crippen molar-refractivity contribution in [2.24, 2.45) is 5.92 Å². The third kappa shape index (κ3) is 14.4. The summed E-state index contributed by atoms with van der Waals surface area (Å²) >= 11 is 0. The van der Waals surface area contributed by atoms with Crippen molar-refractivity contribution in [1.82, 2.24) is 16.0 Å². The molecule has 4 N–H and O–H groups in total. The summed E-state index contributed by atoms with van der Waals surface area (Å²) in [5.74, 6) is -3.12. The van der Waals surface area contributed by atoms with Crippen molar-refractivity contribution >= 4 is 34.1 Å². The second-order valence-electron chi connectivity index (χ2n) is 10.3. The Balaban J connectivity index is 0.0000144. The molecular formula is C27H46ClF2N3O5S. The Morgan fingerprint density at radius 2 is 1.54 bits per heavy atom. The first-order chi connectivity index (χ1) is 17.8. The van der Waals surface area contributed by atoms with E-state index in [1.165, 1.54) is 6.92 Å². The van der Waals surface area contributed by atoms with Crippen molar-refractivity contribution in [3.8, 4) is 0 Å². The fourth-order valence-corrected chi connectivity index (χ4v) is 6.44. The molecule has 0 radical (unpaired) electrons. The molecule has 0 aliphatic heterocycles. The number of rotatable bonds is 18. The van der Waals surface area contributed by atoms with Crippen LogP contribution in [0.3, 0.4) is 0 Å². The maximum Gasteiger partial charge on any atom is 0.243 e. The summed E-state index contributed by atoms with van der Waals surface area (Å²) in [4.78, 5) is 25.1. The maximum absolute atomic E-state index is 13.8. The summed E-state index contributed by atoms with van der Waals surface area (Å²) in [6.45, 7) is 9.77. The fourth-order valence-electron chi connectivity index (χ4n) is 4.28. The minimum absolute atomic E-state index is 0. The number of amides is 2. The summed E-state index contributed by atoms with van der Waals surface area (Å²) in [5.41, 5.74) is 0.212. The summed E-state index contributed by atoms with van der Waals surface area (Å²) in [6, 6.07) is 0.549. The lowest BCUT2D eigenvalue weighted by molar-refractivity contribution is -0.128. The van der Waals surface area contributed by atoms with Gasteiger partial charge in [-0.3, -0.25) is 9.59 Å². The molecule has 1 aromatic carbocycles. The lowest BCUT2D eigenvalue weighted by Crippen LogP contribution is -2.56. The SMILES string of the molecule is CCCC(CCC)S(=O)(=O)C[C@@H](NC(C)=O)C(=O)N[C@@H](Cc1cc(F)cc(F)c1)[C@H](O)CNCCC(C)C.Cl. The highest BCUT2D eigenvalue weighted by Crippen LogP contribution is 2.17. The molecule has 0 fully saturated rings. The van der Waals surface area contributed by atoms with Crippen LogP contribution < -0.4 is 16.0 Å². The molecule has 0 heterocycles. The van der Waals surface area contributed by atoms with E-state index in [4.69, 9.17) is 0 Å². The highest BCUT2D eigenvalue weighted by Gasteiger charge is 2.33. The molecule has 8 nitrogen and oxygen atoms in total. The number of sulfone groups is 1. The third-order valence-electron chi connectivity index (χ3n) is 6.24. The molecule has 0 aromatic heterocycles. The first-order valence-corrected chi connectivity index (χ1v) is 15.1. The van der Waals surface area contributed by atoms with E-state index in [0.717, 1.165) is 24.6 Å². The topological polar surface area (TPSA) is 125 Å². The highest BCUT2D eigenvalue weighted by molar-refractivity contribution is 7.92. The average Bonchev–Trinajstić information content (AvgIpc) is 2.79. The van der Waals surface area contributed by atoms with Crippen LogP contribution in [0.2, 0.25) is 0 Å². The van der Waals surface area contributed by atoms with Gasteiger partial charge in [-0.25, -0.2) is 17.2 Å². The van der Waals surface area contributed by atoms with E-state index in [1.54, 1.807) is 0 Å². The van der Waals surface area contributed by atoms with Gasteiger partial charge in [0.05, 0.1) is 23.1 Å². The van der Waals surface area contributed by atoms with Gasteiger partial charge in [-0.05, 0) is 55.8 Å². The molecular weight excluding hydrogens is 552 g/mol. The quantitative estimate of drug-likeness (QED) is 0.193. The molecule has 0 spiro atoms. The van der Waals surface area contributed by atoms with Crippen LogP contribution in [0.5, 0.6) is 0 Å². The standard InChI is InChI=1S/C27H45F2N3O5S.ClH/c1-6-8-23(9-7-2)38(36,37)17-25(31-19(5)33)27(35)32-24(26(34)16-30-11-10-18(3)4)14-20-12-21(28)15-22(29)13-20;/h12-13,15,18,23-26,30,34H,6-11,14,16-17H2,1-5H3,(H,31,33)(H,32,35);1H/t24-,25+,26+;/m0./s1. The van der Waals surface area contributed by atoms with E-state index in [1.807, 2.05) is 13.8 Å². The van der Waals surface area contributed by atoms with Gasteiger partial charge in [0.2, 0.25) is 11.8 Å². The normalized spacial score (nSPS) is 14.0. The second-order valence-corrected chi connectivity index (χ2v) is 12.7. The van der Waals surface area contributed by atoms with E-state index in [-0.39, 0.29) is 30.9 Å². The smallest absolute Gasteiger partial charge is 0.243 e. The van der Waals surface area contributed by atoms with Gasteiger partial charge in [-0.2, -0.15) is 0 Å². The van der Waals surface area contributed by atoms with Gasteiger partial charge in [0.25, 0.3) is 0 Å². The minimum Gasteiger partial charge on any atom is -0.390 e. The van der Waals surface area contributed by atoms with Gasteiger partial charge in [0.15, 0.2) is 9.84 Å². The van der Waals surface area contributed by atoms with Gasteiger partial charge in [-0.1, -0.05) is 40.5 Å². The van der Waals surface area contributed by atoms with Crippen molar-refractivity contribution < 1.29 is 31.9 Å². The monoisotopic (exact) mass is 597 g/mol. The van der Waals surface area contributed by atoms with Crippen LogP contribution >= 0.6 is 12.4 Å². The Hall–Kier alpha value is -1.82. The van der Waals surface area contributed by atoms with Crippen LogP contribution in [0.15, 0.2) is 18.2 Å². The van der Waals surface area contributed by atoms with Crippen molar-refractivity contribution in [2.45, 2.75) is 96.6 Å². The van der Waals surface area contributed by atoms with Gasteiger partial charge in [0.1, 0.15) is 17.7 Å². The van der Waals surface area contributed by atoms with Crippen LogP contribution in [0.25, 0.3) is 0 Å². The summed E-state index contributed by atoms with van der Waals surface area (Å²) < 4.78 is 53.9. The van der Waals surface area contributed by atoms with Crippen molar-refractivity contribution in [3.05, 3.63) is 35.4 Å². The number of hydrogen-bond acceptors (Lipinski definition) is 6. The number of hydrogen-bond donors (Lipinski definition) is 4. The average molecular weight is 598 g/mol. The largest absolute Gasteiger partial charge is 0.390 e. The van der Waals surface area contributed by atoms with Gasteiger partial charge < -0.3 is 21.1 Å². The van der Waals surface area contributed by atoms with Gasteiger partial charge in [-0.15, -0.1) is 12.4 Å². The van der Waals surface area contributed by atoms with Gasteiger partial charge >= 0.3 is 0 Å². The van der Waals surface area contributed by atoms with E-state index < -0.39 is 62.5 Å². The Morgan fingerprint density at radius 1 is 0.974 bits per heavy atom. The van der Waals surface area contributed by atoms with E-state index >= 15 is 0 Å². The molecule has 1 rings (SSSR count). The number of aliphatic hydroxyl groups is 1. The molecule has 0 aliphatic rings. The molecule has 0 bridgehead atoms. The molecule has 3 atom stereocenters. The van der Waals surface area contributed by atoms with E-state index in [2.05, 4.69) is 29.8 Å². The predicted molar refractivity (Wildman–Crippen MR) is 153 cm³/mol. The van der Waals surface area contributed by atoms with E-state index in [0.29, 0.717) is 38.1 Å². The molecule has 0 saturated heterocycles. The number of nitrogens with one attached hydrogen (secondary N) is 3. The summed E-state index contributed by atoms with van der Waals surface area (Å²) in [6.07, 6.45) is 1.80. The van der Waals surface area contributed by atoms with Crippen LogP contribution in [-0.4, -0.2) is 67.6 Å². The molecule has 0 aliphatic carbocycles. The predicted octanol–water partition coefficient (Wildman–Crippen LogP) is 3.30. The third-order valence-corrected chi connectivity index (χ3v) is 8.53. The number of aliphatic hydroxyl groups excluding tert-OH is 1. The van der Waals surface area contributed by atoms with E-state index in [9.17, 15) is 31.9 Å². The maximum atomic E-state index is 13.8. The number of carbonyl (C=O) groups is 2. The Morgan fingerprint density at radius 3 is 2.03 bits per heavy atom. The Bertz CT molecular complexity index is 971. The lowest BCUT2D eigenvalue weighted by Gasteiger charge is -2.28. The molecule has 39 heavy (non-hydrogen) atoms. The van der Waals surface area contributed by atoms with Crippen LogP contribution in [-0.2, 0) is 25.8 Å². The molecule has 0 unspecified atom stereocenters. The zero-order chi connectivity index (χ0) is 28.9. The van der Waals surface area contributed by atoms with Crippen LogP contribution in [0.1, 0.15) is 72.3 Å². The number of carbonyl (C=O) groups excluding carboxylic acids is 2. The van der Waals surface area contributed by atoms with Crippen molar-refractivity contribution in [3.63, 3.8) is 0 Å². The number of benzene rings is 1. The summed E-state index contributed by atoms with van der Waals surface area (Å²) in [7, 11) is -3.74. The molecule has 2 amide bonds. The minimum atomic E-state index is -3.74. The molecule has 12 heteroatoms. The second kappa shape index (κ2) is 18.5. The molecule has 1 aromatic rings. The lowest BCUT2D eigenvalue weighted by atomic mass is 10.00. The first-order valence-electron chi connectivity index (χ1n) is 13.4. The van der Waals surface area contributed by atoms with Crippen LogP contribution in [0, 0.1) is 17.6 Å². The first kappa shape index (κ1) is 37.2. The highest BCUT2D eigenvalue weighted by atomic mass is 35.5. The zero-order valence-electron chi connectivity index (χ0n) is 23.6. The fraction of sp³-hybridized carbons (Fsp3) is 0.704. The van der Waals surface area contributed by atoms with Crippen molar-refractivity contribution in [1.29, 1.82) is 0 Å². The zero-order valence-corrected chi connectivity index (χ0v) is 25.3. The summed E-state index contributed by atoms with van der Waals surface area (Å²) in [5, 5.41) is 18.4. The molecule has 226 valence electrons. The van der Waals surface area contributed by atoms with Crippen molar-refractivity contribution in [2.75, 3.05) is 18.8 Å². The molecule has 0 saturated carbocycles. The Labute approximate surface area is 238 Å². The number of halogens is 3. The van der Waals surface area contributed by atoms with Gasteiger partial charge in [0, 0.05) is 19.5 Å². The van der Waals surface area contributed by atoms with Crippen LogP contribution in [0.4, 0.5) is 8.78 Å².